The van der Waals surface area contributed by atoms with Crippen LogP contribution in [0.3, 0.4) is 0 Å². The van der Waals surface area contributed by atoms with E-state index in [0.29, 0.717) is 6.54 Å². The van der Waals surface area contributed by atoms with Crippen LogP contribution >= 0.6 is 11.3 Å². The summed E-state index contributed by atoms with van der Waals surface area (Å²) in [7, 11) is 1.69. The standard InChI is InChI=1S/C19H27N3OS/c1-5-20-18(21-13-15-9-6-7-10-16(15)23-4)22-14-19(2,3)17-11-8-12-24-17/h6-12H,5,13-14H2,1-4H3,(H2,20,21,22). The summed E-state index contributed by atoms with van der Waals surface area (Å²) in [6, 6.07) is 12.3. The third kappa shape index (κ3) is 4.99. The number of benzene rings is 1. The highest BCUT2D eigenvalue weighted by atomic mass is 32.1. The number of rotatable bonds is 7. The molecule has 4 nitrogen and oxygen atoms in total. The number of para-hydroxylation sites is 1. The van der Waals surface area contributed by atoms with E-state index in [4.69, 9.17) is 9.73 Å². The van der Waals surface area contributed by atoms with E-state index in [-0.39, 0.29) is 5.41 Å². The van der Waals surface area contributed by atoms with E-state index in [1.54, 1.807) is 18.4 Å². The molecule has 130 valence electrons. The zero-order chi connectivity index (χ0) is 17.4. The van der Waals surface area contributed by atoms with Gasteiger partial charge in [-0.25, -0.2) is 4.99 Å². The molecule has 0 aliphatic rings. The van der Waals surface area contributed by atoms with Gasteiger partial charge in [-0.15, -0.1) is 11.3 Å². The molecule has 0 bridgehead atoms. The predicted molar refractivity (Wildman–Crippen MR) is 103 cm³/mol. The van der Waals surface area contributed by atoms with Gasteiger partial charge in [-0.1, -0.05) is 38.1 Å². The molecular formula is C19H27N3OS. The van der Waals surface area contributed by atoms with Crippen LogP contribution in [-0.4, -0.2) is 26.2 Å². The summed E-state index contributed by atoms with van der Waals surface area (Å²) in [5.74, 6) is 1.70. The smallest absolute Gasteiger partial charge is 0.191 e. The number of aliphatic imine (C=N–C) groups is 1. The fourth-order valence-corrected chi connectivity index (χ4v) is 3.25. The van der Waals surface area contributed by atoms with Crippen LogP contribution in [-0.2, 0) is 12.0 Å². The normalized spacial score (nSPS) is 12.1. The van der Waals surface area contributed by atoms with Crippen molar-refractivity contribution in [2.45, 2.75) is 32.7 Å². The van der Waals surface area contributed by atoms with Crippen molar-refractivity contribution in [3.05, 3.63) is 52.2 Å². The molecule has 0 fully saturated rings. The van der Waals surface area contributed by atoms with Crippen molar-refractivity contribution >= 4 is 17.3 Å². The van der Waals surface area contributed by atoms with E-state index in [1.807, 2.05) is 24.3 Å². The second-order valence-corrected chi connectivity index (χ2v) is 7.17. The van der Waals surface area contributed by atoms with E-state index >= 15 is 0 Å². The monoisotopic (exact) mass is 345 g/mol. The summed E-state index contributed by atoms with van der Waals surface area (Å²) < 4.78 is 5.39. The highest BCUT2D eigenvalue weighted by Crippen LogP contribution is 2.26. The first-order valence-corrected chi connectivity index (χ1v) is 9.13. The molecule has 2 N–H and O–H groups in total. The summed E-state index contributed by atoms with van der Waals surface area (Å²) in [4.78, 5) is 6.07. The molecule has 1 heterocycles. The minimum Gasteiger partial charge on any atom is -0.496 e. The molecule has 0 radical (unpaired) electrons. The largest absolute Gasteiger partial charge is 0.496 e. The SMILES string of the molecule is CCNC(=NCc1ccccc1OC)NCC(C)(C)c1cccs1. The zero-order valence-electron chi connectivity index (χ0n) is 14.9. The van der Waals surface area contributed by atoms with Gasteiger partial charge in [0, 0.05) is 28.9 Å². The molecule has 0 atom stereocenters. The van der Waals surface area contributed by atoms with Gasteiger partial charge < -0.3 is 15.4 Å². The van der Waals surface area contributed by atoms with Crippen molar-refractivity contribution in [3.8, 4) is 5.75 Å². The molecule has 24 heavy (non-hydrogen) atoms. The number of methoxy groups -OCH3 is 1. The van der Waals surface area contributed by atoms with E-state index in [9.17, 15) is 0 Å². The summed E-state index contributed by atoms with van der Waals surface area (Å²) in [6.45, 7) is 8.80. The molecule has 0 aliphatic heterocycles. The maximum Gasteiger partial charge on any atom is 0.191 e. The van der Waals surface area contributed by atoms with Gasteiger partial charge in [-0.05, 0) is 24.4 Å². The van der Waals surface area contributed by atoms with Crippen molar-refractivity contribution in [2.75, 3.05) is 20.2 Å². The number of nitrogens with zero attached hydrogens (tertiary/aromatic N) is 1. The van der Waals surface area contributed by atoms with Crippen LogP contribution in [0.25, 0.3) is 0 Å². The minimum atomic E-state index is 0.0643. The topological polar surface area (TPSA) is 45.7 Å². The maximum atomic E-state index is 5.39. The molecule has 0 unspecified atom stereocenters. The molecule has 0 amide bonds. The van der Waals surface area contributed by atoms with Crippen LogP contribution in [0.15, 0.2) is 46.8 Å². The van der Waals surface area contributed by atoms with E-state index < -0.39 is 0 Å². The quantitative estimate of drug-likeness (QED) is 0.593. The van der Waals surface area contributed by atoms with Crippen LogP contribution < -0.4 is 15.4 Å². The Bertz CT molecular complexity index is 650. The van der Waals surface area contributed by atoms with Crippen molar-refractivity contribution in [2.24, 2.45) is 4.99 Å². The Balaban J connectivity index is 2.03. The van der Waals surface area contributed by atoms with Gasteiger partial charge in [0.1, 0.15) is 5.75 Å². The van der Waals surface area contributed by atoms with Crippen LogP contribution in [0.4, 0.5) is 0 Å². The third-order valence-corrected chi connectivity index (χ3v) is 5.07. The lowest BCUT2D eigenvalue weighted by atomic mass is 9.91. The van der Waals surface area contributed by atoms with Crippen LogP contribution in [0.1, 0.15) is 31.2 Å². The minimum absolute atomic E-state index is 0.0643. The summed E-state index contributed by atoms with van der Waals surface area (Å²) in [5.41, 5.74) is 1.14. The second-order valence-electron chi connectivity index (χ2n) is 6.22. The highest BCUT2D eigenvalue weighted by Gasteiger charge is 2.21. The average Bonchev–Trinajstić information content (AvgIpc) is 3.13. The number of hydrogen-bond donors (Lipinski definition) is 2. The first-order chi connectivity index (χ1) is 11.6. The van der Waals surface area contributed by atoms with Gasteiger partial charge in [-0.3, -0.25) is 0 Å². The van der Waals surface area contributed by atoms with Gasteiger partial charge >= 0.3 is 0 Å². The second kappa shape index (κ2) is 8.73. The maximum absolute atomic E-state index is 5.39. The Labute approximate surface area is 149 Å². The lowest BCUT2D eigenvalue weighted by molar-refractivity contribution is 0.410. The summed E-state index contributed by atoms with van der Waals surface area (Å²) >= 11 is 1.79. The molecule has 0 spiro atoms. The van der Waals surface area contributed by atoms with Crippen LogP contribution in [0.5, 0.6) is 5.75 Å². The first-order valence-electron chi connectivity index (χ1n) is 8.25. The molecule has 1 aromatic heterocycles. The lowest BCUT2D eigenvalue weighted by Gasteiger charge is -2.25. The Morgan fingerprint density at radius 3 is 2.62 bits per heavy atom. The first kappa shape index (κ1) is 18.3. The van der Waals surface area contributed by atoms with Gasteiger partial charge in [0.2, 0.25) is 0 Å². The highest BCUT2D eigenvalue weighted by molar-refractivity contribution is 7.10. The lowest BCUT2D eigenvalue weighted by Crippen LogP contribution is -2.43. The average molecular weight is 346 g/mol. The van der Waals surface area contributed by atoms with E-state index in [2.05, 4.69) is 48.9 Å². The molecule has 0 saturated carbocycles. The Morgan fingerprint density at radius 1 is 1.17 bits per heavy atom. The van der Waals surface area contributed by atoms with Crippen LogP contribution in [0.2, 0.25) is 0 Å². The fourth-order valence-electron chi connectivity index (χ4n) is 2.40. The Kier molecular flexibility index (Phi) is 6.67. The van der Waals surface area contributed by atoms with Crippen molar-refractivity contribution < 1.29 is 4.74 Å². The van der Waals surface area contributed by atoms with Gasteiger partial charge in [-0.2, -0.15) is 0 Å². The van der Waals surface area contributed by atoms with Gasteiger partial charge in [0.25, 0.3) is 0 Å². The Morgan fingerprint density at radius 2 is 1.96 bits per heavy atom. The van der Waals surface area contributed by atoms with Crippen molar-refractivity contribution in [1.82, 2.24) is 10.6 Å². The third-order valence-electron chi connectivity index (χ3n) is 3.83. The number of hydrogen-bond acceptors (Lipinski definition) is 3. The fraction of sp³-hybridized carbons (Fsp3) is 0.421. The van der Waals surface area contributed by atoms with Crippen LogP contribution in [0, 0.1) is 0 Å². The van der Waals surface area contributed by atoms with Gasteiger partial charge in [0.15, 0.2) is 5.96 Å². The zero-order valence-corrected chi connectivity index (χ0v) is 15.7. The Hall–Kier alpha value is -2.01. The number of ether oxygens (including phenoxy) is 1. The number of guanidine groups is 1. The molecule has 2 aromatic rings. The van der Waals surface area contributed by atoms with E-state index in [1.165, 1.54) is 4.88 Å². The predicted octanol–water partition coefficient (Wildman–Crippen LogP) is 3.79. The molecule has 1 aromatic carbocycles. The molecule has 2 rings (SSSR count). The molecular weight excluding hydrogens is 318 g/mol. The molecule has 5 heteroatoms. The van der Waals surface area contributed by atoms with Crippen molar-refractivity contribution in [3.63, 3.8) is 0 Å². The summed E-state index contributed by atoms with van der Waals surface area (Å²) in [6.07, 6.45) is 0. The number of nitrogens with one attached hydrogen (secondary N) is 2. The number of thiophene rings is 1. The van der Waals surface area contributed by atoms with Crippen molar-refractivity contribution in [1.29, 1.82) is 0 Å². The van der Waals surface area contributed by atoms with Gasteiger partial charge in [0.05, 0.1) is 13.7 Å². The van der Waals surface area contributed by atoms with E-state index in [0.717, 1.165) is 30.4 Å². The summed E-state index contributed by atoms with van der Waals surface area (Å²) in [5, 5.41) is 8.89. The molecule has 0 saturated heterocycles. The molecule has 0 aliphatic carbocycles.